The molecule has 1 saturated heterocycles. The average Bonchev–Trinajstić information content (AvgIpc) is 3.53. The third-order valence-corrected chi connectivity index (χ3v) is 7.08. The van der Waals surface area contributed by atoms with Crippen LogP contribution in [0.5, 0.6) is 0 Å². The Balaban J connectivity index is 1.11. The van der Waals surface area contributed by atoms with Gasteiger partial charge in [-0.2, -0.15) is 0 Å². The van der Waals surface area contributed by atoms with Crippen LogP contribution in [0.4, 0.5) is 20.3 Å². The van der Waals surface area contributed by atoms with Gasteiger partial charge in [-0.1, -0.05) is 11.8 Å². The molecule has 3 aliphatic rings. The van der Waals surface area contributed by atoms with Gasteiger partial charge in [-0.3, -0.25) is 9.89 Å². The number of piperazine rings is 1. The Morgan fingerprint density at radius 3 is 2.66 bits per heavy atom. The van der Waals surface area contributed by atoms with Crippen LogP contribution in [-0.2, 0) is 6.54 Å². The van der Waals surface area contributed by atoms with Crippen molar-refractivity contribution in [1.82, 2.24) is 9.47 Å². The lowest BCUT2D eigenvalue weighted by atomic mass is 9.91. The van der Waals surface area contributed by atoms with Gasteiger partial charge < -0.3 is 19.6 Å². The Morgan fingerprint density at radius 2 is 1.87 bits per heavy atom. The fraction of sp³-hybridized carbons (Fsp3) is 0.321. The maximum atomic E-state index is 14.1. The summed E-state index contributed by atoms with van der Waals surface area (Å²) < 4.78 is 34.8. The zero-order valence-corrected chi connectivity index (χ0v) is 20.8. The third-order valence-electron chi connectivity index (χ3n) is 7.08. The highest BCUT2D eigenvalue weighted by atomic mass is 19.1. The van der Waals surface area contributed by atoms with Gasteiger partial charge in [-0.25, -0.2) is 18.8 Å². The van der Waals surface area contributed by atoms with Crippen molar-refractivity contribution in [3.63, 3.8) is 0 Å². The summed E-state index contributed by atoms with van der Waals surface area (Å²) in [6.45, 7) is 4.53. The number of nitrogens with zero attached hydrogens (tertiary/aromatic N) is 6. The molecule has 38 heavy (non-hydrogen) atoms. The van der Waals surface area contributed by atoms with Gasteiger partial charge in [0.2, 0.25) is 0 Å². The summed E-state index contributed by atoms with van der Waals surface area (Å²) in [5.41, 5.74) is 8.63. The Bertz CT molecular complexity index is 1480. The zero-order chi connectivity index (χ0) is 26.1. The van der Waals surface area contributed by atoms with Crippen LogP contribution in [-0.4, -0.2) is 66.1 Å². The molecule has 194 valence electrons. The molecule has 0 radical (unpaired) electrons. The number of hydrogen-bond acceptors (Lipinski definition) is 7. The van der Waals surface area contributed by atoms with Gasteiger partial charge in [0.05, 0.1) is 36.7 Å². The lowest BCUT2D eigenvalue weighted by molar-refractivity contribution is 0.287. The Morgan fingerprint density at radius 1 is 1.03 bits per heavy atom. The molecule has 0 spiro atoms. The second-order valence-corrected chi connectivity index (χ2v) is 9.45. The topological polar surface area (TPSA) is 87.6 Å². The molecule has 5 heterocycles. The highest BCUT2D eigenvalue weighted by Crippen LogP contribution is 2.32. The molecule has 0 bridgehead atoms. The molecule has 2 aromatic heterocycles. The van der Waals surface area contributed by atoms with Crippen LogP contribution in [0, 0.1) is 29.4 Å². The molecule has 1 unspecified atom stereocenters. The number of aromatic nitrogens is 1. The Kier molecular flexibility index (Phi) is 6.52. The van der Waals surface area contributed by atoms with Crippen LogP contribution in [0.1, 0.15) is 17.7 Å². The van der Waals surface area contributed by atoms with Crippen LogP contribution in [0.2, 0.25) is 0 Å². The first-order chi connectivity index (χ1) is 18.6. The molecular formula is C28H27F2N7O. The van der Waals surface area contributed by atoms with Crippen molar-refractivity contribution in [3.8, 4) is 11.8 Å². The number of aliphatic imine (C=N–C) groups is 3. The maximum Gasteiger partial charge on any atom is 0.191 e. The molecule has 1 atom stereocenters. The lowest BCUT2D eigenvalue weighted by Crippen LogP contribution is -2.46. The number of amidine groups is 2. The number of fused-ring (bicyclic) bond motifs is 3. The van der Waals surface area contributed by atoms with Gasteiger partial charge in [-0.15, -0.1) is 0 Å². The van der Waals surface area contributed by atoms with Gasteiger partial charge in [0, 0.05) is 50.6 Å². The van der Waals surface area contributed by atoms with Crippen molar-refractivity contribution in [1.29, 1.82) is 0 Å². The third kappa shape index (κ3) is 4.73. The van der Waals surface area contributed by atoms with Crippen molar-refractivity contribution < 1.29 is 13.2 Å². The SMILES string of the molecule is NC1=Nc2c(ccn2CC#CCN2CCN(c3ccc(F)cc3F)CC2)C2=NC(c3ccco3)=NCCC12. The number of hydrogen-bond donors (Lipinski definition) is 1. The maximum absolute atomic E-state index is 14.1. The number of rotatable bonds is 4. The minimum absolute atomic E-state index is 0.0808. The second kappa shape index (κ2) is 10.3. The standard InChI is InChI=1S/C28H27F2N7O/c29-19-5-6-23(22(30)18-19)36-15-13-35(14-16-36)10-1-2-11-37-12-8-21-25-20(26(31)34-28(21)37)7-9-32-27(33-25)24-4-3-17-38-24/h3-6,8,12,17-18,20H,7,9-11,13-16H2,(H2,31,34). The second-order valence-electron chi connectivity index (χ2n) is 9.45. The summed E-state index contributed by atoms with van der Waals surface area (Å²) in [6, 6.07) is 9.41. The monoisotopic (exact) mass is 515 g/mol. The predicted molar refractivity (Wildman–Crippen MR) is 143 cm³/mol. The van der Waals surface area contributed by atoms with E-state index in [0.717, 1.165) is 42.7 Å². The summed E-state index contributed by atoms with van der Waals surface area (Å²) in [5, 5.41) is 0. The predicted octanol–water partition coefficient (Wildman–Crippen LogP) is 3.44. The van der Waals surface area contributed by atoms with E-state index in [4.69, 9.17) is 20.1 Å². The van der Waals surface area contributed by atoms with Gasteiger partial charge in [0.15, 0.2) is 11.6 Å². The van der Waals surface area contributed by atoms with Gasteiger partial charge in [0.1, 0.15) is 23.3 Å². The van der Waals surface area contributed by atoms with E-state index < -0.39 is 11.6 Å². The minimum atomic E-state index is -0.563. The highest BCUT2D eigenvalue weighted by Gasteiger charge is 2.32. The van der Waals surface area contributed by atoms with Gasteiger partial charge >= 0.3 is 0 Å². The molecule has 3 aromatic rings. The average molecular weight is 516 g/mol. The van der Waals surface area contributed by atoms with Crippen LogP contribution in [0.25, 0.3) is 0 Å². The molecule has 10 heteroatoms. The summed E-state index contributed by atoms with van der Waals surface area (Å²) in [4.78, 5) is 18.3. The number of nitrogens with two attached hydrogens (primary N) is 1. The summed E-state index contributed by atoms with van der Waals surface area (Å²) in [6.07, 6.45) is 4.32. The molecular weight excluding hydrogens is 488 g/mol. The molecule has 8 nitrogen and oxygen atoms in total. The fourth-order valence-corrected chi connectivity index (χ4v) is 5.05. The molecule has 0 aliphatic carbocycles. The lowest BCUT2D eigenvalue weighted by Gasteiger charge is -2.35. The number of benzene rings is 1. The van der Waals surface area contributed by atoms with Crippen molar-refractivity contribution in [3.05, 3.63) is 71.8 Å². The van der Waals surface area contributed by atoms with E-state index in [1.807, 2.05) is 33.9 Å². The number of anilines is 1. The molecule has 0 saturated carbocycles. The molecule has 0 amide bonds. The molecule has 3 aliphatic heterocycles. The normalized spacial score (nSPS) is 19.4. The van der Waals surface area contributed by atoms with E-state index in [2.05, 4.69) is 21.7 Å². The van der Waals surface area contributed by atoms with E-state index in [0.29, 0.717) is 55.8 Å². The summed E-state index contributed by atoms with van der Waals surface area (Å²) >= 11 is 0. The zero-order valence-electron chi connectivity index (χ0n) is 20.8. The van der Waals surface area contributed by atoms with Crippen LogP contribution in [0.15, 0.2) is 68.3 Å². The molecule has 2 N–H and O–H groups in total. The molecule has 6 rings (SSSR count). The quantitative estimate of drug-likeness (QED) is 0.540. The first-order valence-electron chi connectivity index (χ1n) is 12.7. The summed E-state index contributed by atoms with van der Waals surface area (Å²) in [5.74, 6) is 7.82. The van der Waals surface area contributed by atoms with E-state index in [1.165, 1.54) is 12.1 Å². The van der Waals surface area contributed by atoms with E-state index in [-0.39, 0.29) is 5.92 Å². The molecule has 1 fully saturated rings. The summed E-state index contributed by atoms with van der Waals surface area (Å²) in [7, 11) is 0. The van der Waals surface area contributed by atoms with Gasteiger partial charge in [-0.05, 0) is 36.8 Å². The largest absolute Gasteiger partial charge is 0.461 e. The Hall–Kier alpha value is -4.23. The molecule has 1 aromatic carbocycles. The van der Waals surface area contributed by atoms with E-state index in [1.54, 1.807) is 6.26 Å². The smallest absolute Gasteiger partial charge is 0.191 e. The highest BCUT2D eigenvalue weighted by molar-refractivity contribution is 6.23. The first-order valence-corrected chi connectivity index (χ1v) is 12.7. The van der Waals surface area contributed by atoms with E-state index >= 15 is 0 Å². The van der Waals surface area contributed by atoms with Crippen molar-refractivity contribution >= 4 is 28.9 Å². The van der Waals surface area contributed by atoms with Crippen LogP contribution < -0.4 is 10.6 Å². The van der Waals surface area contributed by atoms with Crippen molar-refractivity contribution in [2.24, 2.45) is 26.6 Å². The fourth-order valence-electron chi connectivity index (χ4n) is 5.05. The van der Waals surface area contributed by atoms with E-state index in [9.17, 15) is 8.78 Å². The van der Waals surface area contributed by atoms with Crippen molar-refractivity contribution in [2.75, 3.05) is 44.2 Å². The first kappa shape index (κ1) is 24.1. The van der Waals surface area contributed by atoms with Gasteiger partial charge in [0.25, 0.3) is 0 Å². The minimum Gasteiger partial charge on any atom is -0.461 e. The number of halogens is 2. The van der Waals surface area contributed by atoms with Crippen LogP contribution >= 0.6 is 0 Å². The van der Waals surface area contributed by atoms with Crippen molar-refractivity contribution in [2.45, 2.75) is 13.0 Å². The van der Waals surface area contributed by atoms with Crippen LogP contribution in [0.3, 0.4) is 0 Å². The Labute approximate surface area is 219 Å². The number of furan rings is 1.